The first-order valence-corrected chi connectivity index (χ1v) is 7.15. The molecule has 4 nitrogen and oxygen atoms in total. The average Bonchev–Trinajstić information content (AvgIpc) is 2.13. The lowest BCUT2D eigenvalue weighted by molar-refractivity contribution is 0.172. The summed E-state index contributed by atoms with van der Waals surface area (Å²) in [5.41, 5.74) is 0. The Balaban J connectivity index is 4.12. The Bertz CT molecular complexity index is 191. The number of rotatable bonds is 8. The van der Waals surface area contributed by atoms with Crippen LogP contribution in [-0.4, -0.2) is 26.5 Å². The van der Waals surface area contributed by atoms with Crippen LogP contribution in [-0.2, 0) is 13.6 Å². The van der Waals surface area contributed by atoms with Gasteiger partial charge in [0.15, 0.2) is 0 Å². The highest BCUT2D eigenvalue weighted by atomic mass is 31.2. The quantitative estimate of drug-likeness (QED) is 0.659. The summed E-state index contributed by atoms with van der Waals surface area (Å²) in [7, 11) is -1.20. The molecule has 0 atom stereocenters. The average molecular weight is 237 g/mol. The standard InChI is InChI=1S/C10H24NO3P/c1-9(2)6-13-15(12,8-11-5)14-7-10(3)4/h9-11H,6-8H2,1-5H3. The summed E-state index contributed by atoms with van der Waals surface area (Å²) in [5.74, 6) is 0.718. The van der Waals surface area contributed by atoms with Gasteiger partial charge in [-0.25, -0.2) is 0 Å². The zero-order valence-corrected chi connectivity index (χ0v) is 11.3. The van der Waals surface area contributed by atoms with Crippen LogP contribution in [0, 0.1) is 11.8 Å². The van der Waals surface area contributed by atoms with Gasteiger partial charge in [0.2, 0.25) is 0 Å². The first kappa shape index (κ1) is 15.1. The molecule has 15 heavy (non-hydrogen) atoms. The summed E-state index contributed by atoms with van der Waals surface area (Å²) in [6.45, 7) is 9.02. The van der Waals surface area contributed by atoms with Crippen molar-refractivity contribution in [1.82, 2.24) is 5.32 Å². The minimum absolute atomic E-state index is 0.270. The van der Waals surface area contributed by atoms with Crippen molar-refractivity contribution in [2.45, 2.75) is 27.7 Å². The zero-order chi connectivity index (χ0) is 11.9. The fourth-order valence-corrected chi connectivity index (χ4v) is 2.54. The molecule has 0 rings (SSSR count). The third-order valence-corrected chi connectivity index (χ3v) is 3.35. The zero-order valence-electron chi connectivity index (χ0n) is 10.4. The predicted octanol–water partition coefficient (Wildman–Crippen LogP) is 2.70. The molecule has 0 aliphatic rings. The Kier molecular flexibility index (Phi) is 7.45. The van der Waals surface area contributed by atoms with Gasteiger partial charge in [0.05, 0.1) is 19.5 Å². The van der Waals surface area contributed by atoms with Crippen molar-refractivity contribution in [3.63, 3.8) is 0 Å². The van der Waals surface area contributed by atoms with E-state index in [2.05, 4.69) is 5.32 Å². The van der Waals surface area contributed by atoms with Gasteiger partial charge in [0.1, 0.15) is 0 Å². The van der Waals surface area contributed by atoms with Gasteiger partial charge in [-0.2, -0.15) is 0 Å². The van der Waals surface area contributed by atoms with Crippen molar-refractivity contribution in [3.8, 4) is 0 Å². The van der Waals surface area contributed by atoms with Gasteiger partial charge in [-0.05, 0) is 18.9 Å². The van der Waals surface area contributed by atoms with Crippen molar-refractivity contribution >= 4 is 7.60 Å². The molecule has 0 radical (unpaired) electrons. The maximum Gasteiger partial charge on any atom is 0.344 e. The third kappa shape index (κ3) is 7.97. The van der Waals surface area contributed by atoms with Crippen LogP contribution in [0.15, 0.2) is 0 Å². The molecule has 0 bridgehead atoms. The molecule has 0 aliphatic heterocycles. The summed E-state index contributed by atoms with van der Waals surface area (Å²) in [6, 6.07) is 0. The first-order chi connectivity index (χ1) is 6.89. The van der Waals surface area contributed by atoms with E-state index in [0.717, 1.165) is 0 Å². The molecule has 0 heterocycles. The summed E-state index contributed by atoms with van der Waals surface area (Å²) in [4.78, 5) is 0. The molecule has 5 heteroatoms. The molecular formula is C10H24NO3P. The maximum absolute atomic E-state index is 12.1. The summed E-state index contributed by atoms with van der Waals surface area (Å²) in [5, 5.41) is 2.84. The Morgan fingerprint density at radius 3 is 1.73 bits per heavy atom. The third-order valence-electron chi connectivity index (χ3n) is 1.56. The summed E-state index contributed by atoms with van der Waals surface area (Å²) in [6.07, 6.45) is 0.270. The minimum Gasteiger partial charge on any atom is -0.309 e. The van der Waals surface area contributed by atoms with Crippen molar-refractivity contribution in [3.05, 3.63) is 0 Å². The molecular weight excluding hydrogens is 213 g/mol. The predicted molar refractivity (Wildman–Crippen MR) is 63.1 cm³/mol. The molecule has 0 aromatic carbocycles. The van der Waals surface area contributed by atoms with Gasteiger partial charge in [0.25, 0.3) is 0 Å². The molecule has 1 N–H and O–H groups in total. The minimum atomic E-state index is -2.94. The summed E-state index contributed by atoms with van der Waals surface area (Å²) < 4.78 is 22.8. The first-order valence-electron chi connectivity index (χ1n) is 5.42. The van der Waals surface area contributed by atoms with Crippen LogP contribution in [0.5, 0.6) is 0 Å². The topological polar surface area (TPSA) is 47.6 Å². The van der Waals surface area contributed by atoms with E-state index in [1.807, 2.05) is 27.7 Å². The molecule has 92 valence electrons. The second-order valence-electron chi connectivity index (χ2n) is 4.50. The lowest BCUT2D eigenvalue weighted by Gasteiger charge is -2.20. The Morgan fingerprint density at radius 2 is 1.47 bits per heavy atom. The number of nitrogens with one attached hydrogen (secondary N) is 1. The SMILES string of the molecule is CNCP(=O)(OCC(C)C)OCC(C)C. The van der Waals surface area contributed by atoms with E-state index in [1.54, 1.807) is 7.05 Å². The van der Waals surface area contributed by atoms with Crippen LogP contribution in [0.2, 0.25) is 0 Å². The lowest BCUT2D eigenvalue weighted by atomic mass is 10.2. The molecule has 0 fully saturated rings. The van der Waals surface area contributed by atoms with Crippen molar-refractivity contribution in [1.29, 1.82) is 0 Å². The maximum atomic E-state index is 12.1. The van der Waals surface area contributed by atoms with Crippen molar-refractivity contribution in [2.24, 2.45) is 11.8 Å². The van der Waals surface area contributed by atoms with Crippen LogP contribution in [0.25, 0.3) is 0 Å². The fourth-order valence-electron chi connectivity index (χ4n) is 0.847. The number of hydrogen-bond donors (Lipinski definition) is 1. The van der Waals surface area contributed by atoms with E-state index in [9.17, 15) is 4.57 Å². The van der Waals surface area contributed by atoms with Gasteiger partial charge >= 0.3 is 7.60 Å². The lowest BCUT2D eigenvalue weighted by Crippen LogP contribution is -2.15. The monoisotopic (exact) mass is 237 g/mol. The Labute approximate surface area is 93.3 Å². The molecule has 0 amide bonds. The highest BCUT2D eigenvalue weighted by Gasteiger charge is 2.24. The second kappa shape index (κ2) is 7.39. The number of hydrogen-bond acceptors (Lipinski definition) is 4. The normalized spacial score (nSPS) is 12.7. The smallest absolute Gasteiger partial charge is 0.309 e. The van der Waals surface area contributed by atoms with E-state index in [-0.39, 0.29) is 6.29 Å². The summed E-state index contributed by atoms with van der Waals surface area (Å²) >= 11 is 0. The van der Waals surface area contributed by atoms with Crippen LogP contribution in [0.3, 0.4) is 0 Å². The van der Waals surface area contributed by atoms with Crippen molar-refractivity contribution in [2.75, 3.05) is 26.5 Å². The van der Waals surface area contributed by atoms with Gasteiger partial charge in [-0.15, -0.1) is 0 Å². The van der Waals surface area contributed by atoms with Crippen LogP contribution < -0.4 is 5.32 Å². The second-order valence-corrected chi connectivity index (χ2v) is 6.56. The Morgan fingerprint density at radius 1 is 1.07 bits per heavy atom. The molecule has 0 aromatic rings. The van der Waals surface area contributed by atoms with Gasteiger partial charge in [0, 0.05) is 0 Å². The van der Waals surface area contributed by atoms with Gasteiger partial charge < -0.3 is 14.4 Å². The van der Waals surface area contributed by atoms with E-state index in [4.69, 9.17) is 9.05 Å². The van der Waals surface area contributed by atoms with E-state index >= 15 is 0 Å². The molecule has 0 unspecified atom stereocenters. The van der Waals surface area contributed by atoms with E-state index in [1.165, 1.54) is 0 Å². The molecule has 0 saturated heterocycles. The molecule has 0 spiro atoms. The fraction of sp³-hybridized carbons (Fsp3) is 1.00. The van der Waals surface area contributed by atoms with E-state index in [0.29, 0.717) is 25.0 Å². The molecule has 0 saturated carbocycles. The van der Waals surface area contributed by atoms with Crippen LogP contribution >= 0.6 is 7.60 Å². The Hall–Kier alpha value is 0.110. The van der Waals surface area contributed by atoms with Crippen molar-refractivity contribution < 1.29 is 13.6 Å². The van der Waals surface area contributed by atoms with Gasteiger partial charge in [-0.3, -0.25) is 4.57 Å². The van der Waals surface area contributed by atoms with Gasteiger partial charge in [-0.1, -0.05) is 27.7 Å². The van der Waals surface area contributed by atoms with Crippen LogP contribution in [0.4, 0.5) is 0 Å². The van der Waals surface area contributed by atoms with Crippen LogP contribution in [0.1, 0.15) is 27.7 Å². The molecule has 0 aromatic heterocycles. The highest BCUT2D eigenvalue weighted by molar-refractivity contribution is 7.53. The highest BCUT2D eigenvalue weighted by Crippen LogP contribution is 2.47. The largest absolute Gasteiger partial charge is 0.344 e. The van der Waals surface area contributed by atoms with E-state index < -0.39 is 7.60 Å². The molecule has 0 aliphatic carbocycles.